The number of nitrogens with one attached hydrogen (secondary N) is 3. The number of methoxy groups -OCH3 is 1. The van der Waals surface area contributed by atoms with Crippen LogP contribution in [0.1, 0.15) is 80.8 Å². The summed E-state index contributed by atoms with van der Waals surface area (Å²) in [5.41, 5.74) is 7.65. The van der Waals surface area contributed by atoms with E-state index in [2.05, 4.69) is 16.0 Å². The highest BCUT2D eigenvalue weighted by Gasteiger charge is 2.31. The Balaban J connectivity index is 1.72. The van der Waals surface area contributed by atoms with E-state index in [0.717, 1.165) is 44.1 Å². The molecule has 1 aromatic heterocycles. The molecule has 1 aromatic carbocycles. The fourth-order valence-corrected chi connectivity index (χ4v) is 6.03. The number of carbonyl (C=O) groups excluding carboxylic acids is 1. The van der Waals surface area contributed by atoms with Gasteiger partial charge in [-0.2, -0.15) is 4.98 Å². The van der Waals surface area contributed by atoms with Gasteiger partial charge in [-0.05, 0) is 50.3 Å². The van der Waals surface area contributed by atoms with Gasteiger partial charge < -0.3 is 26.4 Å². The van der Waals surface area contributed by atoms with E-state index in [-0.39, 0.29) is 11.4 Å². The van der Waals surface area contributed by atoms with E-state index >= 15 is 0 Å². The number of nitrogens with zero attached hydrogens (tertiary/aromatic N) is 2. The first-order valence-corrected chi connectivity index (χ1v) is 13.8. The molecule has 0 saturated heterocycles. The van der Waals surface area contributed by atoms with Gasteiger partial charge in [0.05, 0.1) is 23.7 Å². The van der Waals surface area contributed by atoms with E-state index in [0.29, 0.717) is 58.9 Å². The SMILES string of the molecule is CCNC(=O)c1c(NCC2(N)CCCC2)nc(NC2CCCCC2)n1Cc1cc(Cl)c(OC)c(Cl)c1. The van der Waals surface area contributed by atoms with Crippen LogP contribution in [0.15, 0.2) is 12.1 Å². The Bertz CT molecular complexity index is 1040. The van der Waals surface area contributed by atoms with E-state index in [9.17, 15) is 4.79 Å². The van der Waals surface area contributed by atoms with Crippen molar-refractivity contribution < 1.29 is 9.53 Å². The average Bonchev–Trinajstić information content (AvgIpc) is 3.42. The standard InChI is InChI=1S/C26H38Cl2N6O2/c1-3-30-24(35)21-23(31-16-26(29)11-7-8-12-26)33-25(32-18-9-5-4-6-10-18)34(21)15-17-13-19(27)22(36-2)20(28)14-17/h13-14,18,31H,3-12,15-16,29H2,1-2H3,(H,30,35)(H,32,33). The molecule has 10 heteroatoms. The lowest BCUT2D eigenvalue weighted by atomic mass is 9.96. The molecule has 0 aliphatic heterocycles. The van der Waals surface area contributed by atoms with Crippen LogP contribution < -0.4 is 26.4 Å². The Kier molecular flexibility index (Phi) is 8.91. The van der Waals surface area contributed by atoms with Crippen LogP contribution in [0.2, 0.25) is 10.0 Å². The lowest BCUT2D eigenvalue weighted by Crippen LogP contribution is -2.43. The number of carbonyl (C=O) groups is 1. The second-order valence-corrected chi connectivity index (χ2v) is 10.9. The maximum atomic E-state index is 13.3. The summed E-state index contributed by atoms with van der Waals surface area (Å²) in [6.07, 6.45) is 9.98. The molecular weight excluding hydrogens is 499 g/mol. The van der Waals surface area contributed by atoms with E-state index < -0.39 is 0 Å². The number of anilines is 2. The van der Waals surface area contributed by atoms with Crippen molar-refractivity contribution >= 4 is 40.9 Å². The second kappa shape index (κ2) is 11.9. The first-order valence-electron chi connectivity index (χ1n) is 13.0. The van der Waals surface area contributed by atoms with Gasteiger partial charge in [0.15, 0.2) is 17.3 Å². The molecule has 2 fully saturated rings. The predicted molar refractivity (Wildman–Crippen MR) is 147 cm³/mol. The topological polar surface area (TPSA) is 106 Å². The van der Waals surface area contributed by atoms with Gasteiger partial charge in [-0.3, -0.25) is 9.36 Å². The Morgan fingerprint density at radius 1 is 1.17 bits per heavy atom. The molecule has 198 valence electrons. The van der Waals surface area contributed by atoms with Crippen LogP contribution in [0, 0.1) is 0 Å². The Morgan fingerprint density at radius 2 is 1.83 bits per heavy atom. The van der Waals surface area contributed by atoms with E-state index in [4.69, 9.17) is 38.7 Å². The van der Waals surface area contributed by atoms with Gasteiger partial charge in [-0.25, -0.2) is 0 Å². The molecule has 1 amide bonds. The number of benzene rings is 1. The van der Waals surface area contributed by atoms with Crippen LogP contribution >= 0.6 is 23.2 Å². The van der Waals surface area contributed by atoms with Gasteiger partial charge in [-0.15, -0.1) is 0 Å². The Morgan fingerprint density at radius 3 is 2.44 bits per heavy atom. The summed E-state index contributed by atoms with van der Waals surface area (Å²) in [7, 11) is 1.54. The van der Waals surface area contributed by atoms with E-state index in [1.165, 1.54) is 26.4 Å². The lowest BCUT2D eigenvalue weighted by molar-refractivity contribution is 0.0948. The number of hydrogen-bond donors (Lipinski definition) is 4. The first kappa shape index (κ1) is 26.9. The predicted octanol–water partition coefficient (Wildman–Crippen LogP) is 5.42. The number of amides is 1. The molecule has 0 spiro atoms. The number of halogens is 2. The summed E-state index contributed by atoms with van der Waals surface area (Å²) in [5.74, 6) is 1.45. The monoisotopic (exact) mass is 536 g/mol. The van der Waals surface area contributed by atoms with Crippen molar-refractivity contribution in [3.05, 3.63) is 33.4 Å². The molecule has 2 aliphatic rings. The zero-order chi connectivity index (χ0) is 25.7. The Hall–Kier alpha value is -2.16. The fourth-order valence-electron chi connectivity index (χ4n) is 5.34. The van der Waals surface area contributed by atoms with Crippen LogP contribution in [0.5, 0.6) is 5.75 Å². The molecule has 8 nitrogen and oxygen atoms in total. The van der Waals surface area contributed by atoms with Gasteiger partial charge in [0.1, 0.15) is 0 Å². The van der Waals surface area contributed by atoms with Crippen molar-refractivity contribution in [2.75, 3.05) is 30.8 Å². The molecule has 4 rings (SSSR count). The molecule has 0 bridgehead atoms. The van der Waals surface area contributed by atoms with E-state index in [1.54, 1.807) is 0 Å². The van der Waals surface area contributed by atoms with Gasteiger partial charge in [0.25, 0.3) is 5.91 Å². The summed E-state index contributed by atoms with van der Waals surface area (Å²) in [4.78, 5) is 18.3. The maximum Gasteiger partial charge on any atom is 0.271 e. The minimum absolute atomic E-state index is 0.188. The summed E-state index contributed by atoms with van der Waals surface area (Å²) in [6.45, 7) is 3.35. The number of nitrogens with two attached hydrogens (primary N) is 1. The van der Waals surface area contributed by atoms with Gasteiger partial charge in [-0.1, -0.05) is 55.3 Å². The van der Waals surface area contributed by atoms with Gasteiger partial charge in [0, 0.05) is 24.7 Å². The van der Waals surface area contributed by atoms with Crippen LogP contribution in [0.3, 0.4) is 0 Å². The van der Waals surface area contributed by atoms with E-state index in [1.807, 2.05) is 23.6 Å². The number of hydrogen-bond acceptors (Lipinski definition) is 6. The van der Waals surface area contributed by atoms with Crippen molar-refractivity contribution in [3.63, 3.8) is 0 Å². The third-order valence-electron chi connectivity index (χ3n) is 7.27. The van der Waals surface area contributed by atoms with Gasteiger partial charge in [0.2, 0.25) is 5.95 Å². The normalized spacial score (nSPS) is 17.7. The minimum Gasteiger partial charge on any atom is -0.494 e. The van der Waals surface area contributed by atoms with Crippen molar-refractivity contribution in [1.82, 2.24) is 14.9 Å². The fraction of sp³-hybridized carbons (Fsp3) is 0.615. The lowest BCUT2D eigenvalue weighted by Gasteiger charge is -2.24. The largest absolute Gasteiger partial charge is 0.494 e. The third kappa shape index (κ3) is 6.21. The molecule has 36 heavy (non-hydrogen) atoms. The second-order valence-electron chi connectivity index (χ2n) is 10.1. The number of aromatic nitrogens is 2. The zero-order valence-electron chi connectivity index (χ0n) is 21.3. The minimum atomic E-state index is -0.281. The molecule has 0 unspecified atom stereocenters. The van der Waals surface area contributed by atoms with Crippen molar-refractivity contribution in [1.29, 1.82) is 0 Å². The molecule has 2 aromatic rings. The number of rotatable bonds is 10. The zero-order valence-corrected chi connectivity index (χ0v) is 22.8. The smallest absolute Gasteiger partial charge is 0.271 e. The highest BCUT2D eigenvalue weighted by Crippen LogP contribution is 2.35. The third-order valence-corrected chi connectivity index (χ3v) is 7.83. The molecular formula is C26H38Cl2N6O2. The molecule has 5 N–H and O–H groups in total. The molecule has 0 radical (unpaired) electrons. The quantitative estimate of drug-likeness (QED) is 0.322. The van der Waals surface area contributed by atoms with Crippen molar-refractivity contribution in [2.24, 2.45) is 5.73 Å². The number of imidazole rings is 1. The average molecular weight is 538 g/mol. The van der Waals surface area contributed by atoms with Crippen LogP contribution in [-0.4, -0.2) is 47.2 Å². The van der Waals surface area contributed by atoms with Crippen molar-refractivity contribution in [2.45, 2.75) is 82.8 Å². The first-order chi connectivity index (χ1) is 17.3. The molecule has 0 atom stereocenters. The Labute approximate surface area is 223 Å². The number of ether oxygens (including phenoxy) is 1. The van der Waals surface area contributed by atoms with Crippen molar-refractivity contribution in [3.8, 4) is 5.75 Å². The molecule has 2 saturated carbocycles. The van der Waals surface area contributed by atoms with Crippen LogP contribution in [-0.2, 0) is 6.54 Å². The van der Waals surface area contributed by atoms with Gasteiger partial charge >= 0.3 is 0 Å². The summed E-state index contributed by atoms with van der Waals surface area (Å²) in [6, 6.07) is 3.95. The van der Waals surface area contributed by atoms with Crippen LogP contribution in [0.4, 0.5) is 11.8 Å². The summed E-state index contributed by atoms with van der Waals surface area (Å²) >= 11 is 12.9. The summed E-state index contributed by atoms with van der Waals surface area (Å²) < 4.78 is 7.24. The molecule has 2 aliphatic carbocycles. The van der Waals surface area contributed by atoms with Crippen LogP contribution in [0.25, 0.3) is 0 Å². The maximum absolute atomic E-state index is 13.3. The molecule has 1 heterocycles. The summed E-state index contributed by atoms with van der Waals surface area (Å²) in [5, 5.41) is 10.9. The highest BCUT2D eigenvalue weighted by atomic mass is 35.5. The highest BCUT2D eigenvalue weighted by molar-refractivity contribution is 6.37.